The maximum absolute atomic E-state index is 5.84. The molecule has 0 aliphatic carbocycles. The van der Waals surface area contributed by atoms with Crippen LogP contribution >= 0.6 is 0 Å². The van der Waals surface area contributed by atoms with Gasteiger partial charge in [0.25, 0.3) is 0 Å². The van der Waals surface area contributed by atoms with Crippen LogP contribution in [-0.2, 0) is 19.7 Å². The highest BCUT2D eigenvalue weighted by atomic mass is 16.5. The first-order valence-electron chi connectivity index (χ1n) is 9.34. The van der Waals surface area contributed by atoms with Gasteiger partial charge in [0.05, 0.1) is 5.69 Å². The Morgan fingerprint density at radius 3 is 2.43 bits per heavy atom. The Morgan fingerprint density at radius 1 is 0.929 bits per heavy atom. The standard InChI is InChI=1S/C23H26N4O/c1-18-9-11-19(12-10-18)15-26-23(24-2)27-16-20-6-5-8-22(14-20)28-17-21-7-3-4-13-25-21/h3-14H,15-17H2,1-2H3,(H2,24,26,27). The molecule has 2 aromatic carbocycles. The molecule has 0 spiro atoms. The molecule has 0 aliphatic heterocycles. The Balaban J connectivity index is 1.49. The lowest BCUT2D eigenvalue weighted by Crippen LogP contribution is -2.36. The molecule has 0 bridgehead atoms. The smallest absolute Gasteiger partial charge is 0.191 e. The number of nitrogens with one attached hydrogen (secondary N) is 2. The van der Waals surface area contributed by atoms with E-state index in [2.05, 4.69) is 57.9 Å². The Bertz CT molecular complexity index is 892. The fourth-order valence-electron chi connectivity index (χ4n) is 2.68. The van der Waals surface area contributed by atoms with Gasteiger partial charge in [-0.1, -0.05) is 48.0 Å². The summed E-state index contributed by atoms with van der Waals surface area (Å²) in [6.07, 6.45) is 1.77. The van der Waals surface area contributed by atoms with E-state index in [1.807, 2.05) is 36.4 Å². The van der Waals surface area contributed by atoms with Gasteiger partial charge in [0.2, 0.25) is 0 Å². The van der Waals surface area contributed by atoms with Crippen molar-refractivity contribution in [3.05, 3.63) is 95.3 Å². The Morgan fingerprint density at radius 2 is 1.71 bits per heavy atom. The van der Waals surface area contributed by atoms with Crippen molar-refractivity contribution in [2.24, 2.45) is 4.99 Å². The van der Waals surface area contributed by atoms with Crippen LogP contribution in [-0.4, -0.2) is 18.0 Å². The number of hydrogen-bond acceptors (Lipinski definition) is 3. The minimum absolute atomic E-state index is 0.456. The molecule has 28 heavy (non-hydrogen) atoms. The molecule has 0 fully saturated rings. The van der Waals surface area contributed by atoms with Crippen LogP contribution in [0, 0.1) is 6.92 Å². The second-order valence-electron chi connectivity index (χ2n) is 6.52. The van der Waals surface area contributed by atoms with Gasteiger partial charge >= 0.3 is 0 Å². The number of aromatic nitrogens is 1. The predicted octanol–water partition coefficient (Wildman–Crippen LogP) is 3.83. The van der Waals surface area contributed by atoms with Gasteiger partial charge in [0.1, 0.15) is 12.4 Å². The molecule has 0 unspecified atom stereocenters. The Labute approximate surface area is 166 Å². The summed E-state index contributed by atoms with van der Waals surface area (Å²) in [7, 11) is 1.77. The van der Waals surface area contributed by atoms with Crippen LogP contribution in [0.5, 0.6) is 5.75 Å². The number of rotatable bonds is 7. The average Bonchev–Trinajstić information content (AvgIpc) is 2.75. The molecular formula is C23H26N4O. The fourth-order valence-corrected chi connectivity index (χ4v) is 2.68. The summed E-state index contributed by atoms with van der Waals surface area (Å²) in [5.74, 6) is 1.59. The highest BCUT2D eigenvalue weighted by Crippen LogP contribution is 2.14. The van der Waals surface area contributed by atoms with Gasteiger partial charge in [-0.3, -0.25) is 9.98 Å². The number of hydrogen-bond donors (Lipinski definition) is 2. The van der Waals surface area contributed by atoms with E-state index in [9.17, 15) is 0 Å². The SMILES string of the molecule is CN=C(NCc1ccc(C)cc1)NCc1cccc(OCc2ccccn2)c1. The lowest BCUT2D eigenvalue weighted by atomic mass is 10.1. The predicted molar refractivity (Wildman–Crippen MR) is 113 cm³/mol. The van der Waals surface area contributed by atoms with Crippen LogP contribution in [0.3, 0.4) is 0 Å². The summed E-state index contributed by atoms with van der Waals surface area (Å²) in [5, 5.41) is 6.68. The van der Waals surface area contributed by atoms with E-state index >= 15 is 0 Å². The summed E-state index contributed by atoms with van der Waals surface area (Å²) in [6.45, 7) is 3.94. The van der Waals surface area contributed by atoms with Crippen molar-refractivity contribution >= 4 is 5.96 Å². The third-order valence-corrected chi connectivity index (χ3v) is 4.28. The number of ether oxygens (including phenoxy) is 1. The van der Waals surface area contributed by atoms with Crippen LogP contribution in [0.15, 0.2) is 77.9 Å². The first-order chi connectivity index (χ1) is 13.7. The number of pyridine rings is 1. The normalized spacial score (nSPS) is 11.1. The lowest BCUT2D eigenvalue weighted by Gasteiger charge is -2.13. The van der Waals surface area contributed by atoms with Crippen molar-refractivity contribution in [3.63, 3.8) is 0 Å². The van der Waals surface area contributed by atoms with E-state index in [1.54, 1.807) is 13.2 Å². The van der Waals surface area contributed by atoms with Gasteiger partial charge in [-0.2, -0.15) is 0 Å². The maximum Gasteiger partial charge on any atom is 0.191 e. The first kappa shape index (κ1) is 19.4. The molecule has 0 atom stereocenters. The third kappa shape index (κ3) is 6.13. The average molecular weight is 374 g/mol. The molecule has 0 saturated heterocycles. The molecule has 0 saturated carbocycles. The van der Waals surface area contributed by atoms with Crippen LogP contribution < -0.4 is 15.4 Å². The second-order valence-corrected chi connectivity index (χ2v) is 6.52. The number of aliphatic imine (C=N–C) groups is 1. The molecule has 1 aromatic heterocycles. The van der Waals surface area contributed by atoms with Gasteiger partial charge in [-0.25, -0.2) is 0 Å². The number of guanidine groups is 1. The summed E-state index contributed by atoms with van der Waals surface area (Å²) in [5.41, 5.74) is 4.51. The van der Waals surface area contributed by atoms with Gasteiger partial charge in [-0.05, 0) is 42.3 Å². The molecule has 0 aliphatic rings. The van der Waals surface area contributed by atoms with E-state index in [-0.39, 0.29) is 0 Å². The molecule has 0 amide bonds. The number of aryl methyl sites for hydroxylation is 1. The van der Waals surface area contributed by atoms with Gasteiger partial charge in [0.15, 0.2) is 5.96 Å². The maximum atomic E-state index is 5.84. The third-order valence-electron chi connectivity index (χ3n) is 4.28. The second kappa shape index (κ2) is 10.1. The van der Waals surface area contributed by atoms with Crippen molar-refractivity contribution in [1.29, 1.82) is 0 Å². The highest BCUT2D eigenvalue weighted by Gasteiger charge is 2.02. The van der Waals surface area contributed by atoms with E-state index < -0.39 is 0 Å². The monoisotopic (exact) mass is 374 g/mol. The Hall–Kier alpha value is -3.34. The summed E-state index contributed by atoms with van der Waals surface area (Å²) < 4.78 is 5.84. The van der Waals surface area contributed by atoms with Gasteiger partial charge in [0, 0.05) is 26.3 Å². The summed E-state index contributed by atoms with van der Waals surface area (Å²) >= 11 is 0. The molecule has 5 nitrogen and oxygen atoms in total. The fraction of sp³-hybridized carbons (Fsp3) is 0.217. The van der Waals surface area contributed by atoms with E-state index in [0.717, 1.165) is 29.5 Å². The lowest BCUT2D eigenvalue weighted by molar-refractivity contribution is 0.301. The summed E-state index contributed by atoms with van der Waals surface area (Å²) in [6, 6.07) is 22.3. The molecular weight excluding hydrogens is 348 g/mol. The van der Waals surface area contributed by atoms with Crippen molar-refractivity contribution in [2.75, 3.05) is 7.05 Å². The Kier molecular flexibility index (Phi) is 7.01. The first-order valence-corrected chi connectivity index (χ1v) is 9.34. The number of benzene rings is 2. The van der Waals surface area contributed by atoms with Gasteiger partial charge in [-0.15, -0.1) is 0 Å². The molecule has 2 N–H and O–H groups in total. The van der Waals surface area contributed by atoms with Crippen molar-refractivity contribution in [3.8, 4) is 5.75 Å². The highest BCUT2D eigenvalue weighted by molar-refractivity contribution is 5.79. The van der Waals surface area contributed by atoms with Crippen LogP contribution in [0.4, 0.5) is 0 Å². The van der Waals surface area contributed by atoms with Crippen molar-refractivity contribution < 1.29 is 4.74 Å². The quantitative estimate of drug-likeness (QED) is 0.487. The summed E-state index contributed by atoms with van der Waals surface area (Å²) in [4.78, 5) is 8.56. The van der Waals surface area contributed by atoms with Crippen molar-refractivity contribution in [2.45, 2.75) is 26.6 Å². The molecule has 3 aromatic rings. The van der Waals surface area contributed by atoms with Crippen molar-refractivity contribution in [1.82, 2.24) is 15.6 Å². The van der Waals surface area contributed by atoms with Crippen LogP contribution in [0.1, 0.15) is 22.4 Å². The topological polar surface area (TPSA) is 58.5 Å². The molecule has 3 rings (SSSR count). The largest absolute Gasteiger partial charge is 0.487 e. The number of nitrogens with zero attached hydrogens (tertiary/aromatic N) is 2. The molecule has 5 heteroatoms. The minimum atomic E-state index is 0.456. The zero-order chi connectivity index (χ0) is 19.6. The van der Waals surface area contributed by atoms with E-state index in [1.165, 1.54) is 11.1 Å². The zero-order valence-corrected chi connectivity index (χ0v) is 16.4. The molecule has 1 heterocycles. The van der Waals surface area contributed by atoms with E-state index in [4.69, 9.17) is 4.74 Å². The van der Waals surface area contributed by atoms with Crippen LogP contribution in [0.25, 0.3) is 0 Å². The minimum Gasteiger partial charge on any atom is -0.487 e. The van der Waals surface area contributed by atoms with E-state index in [0.29, 0.717) is 13.2 Å². The molecule has 144 valence electrons. The van der Waals surface area contributed by atoms with Crippen LogP contribution in [0.2, 0.25) is 0 Å². The van der Waals surface area contributed by atoms with Gasteiger partial charge < -0.3 is 15.4 Å². The molecule has 0 radical (unpaired) electrons. The zero-order valence-electron chi connectivity index (χ0n) is 16.4.